The van der Waals surface area contributed by atoms with Crippen molar-refractivity contribution in [3.8, 4) is 0 Å². The maximum Gasteiger partial charge on any atom is 0.275 e. The average Bonchev–Trinajstić information content (AvgIpc) is 3.05. The number of carbonyl (C=O) groups excluding carboxylic acids is 1. The van der Waals surface area contributed by atoms with Gasteiger partial charge in [-0.2, -0.15) is 0 Å². The third kappa shape index (κ3) is 2.16. The Bertz CT molecular complexity index is 963. The SMILES string of the molecule is Cc1cn2cc(C(=O)Nc3cccc4ccccc34)nc2s1. The van der Waals surface area contributed by atoms with E-state index in [2.05, 4.69) is 10.3 Å². The van der Waals surface area contributed by atoms with Gasteiger partial charge in [-0.3, -0.25) is 9.20 Å². The zero-order valence-corrected chi connectivity index (χ0v) is 12.7. The Kier molecular flexibility index (Phi) is 2.94. The van der Waals surface area contributed by atoms with Crippen LogP contribution in [0.1, 0.15) is 15.4 Å². The number of thiazole rings is 1. The van der Waals surface area contributed by atoms with Crippen molar-refractivity contribution in [3.05, 3.63) is 65.4 Å². The van der Waals surface area contributed by atoms with Crippen molar-refractivity contribution in [3.63, 3.8) is 0 Å². The summed E-state index contributed by atoms with van der Waals surface area (Å²) in [6, 6.07) is 13.9. The molecule has 108 valence electrons. The van der Waals surface area contributed by atoms with Crippen molar-refractivity contribution in [2.75, 3.05) is 5.32 Å². The molecule has 4 nitrogen and oxygen atoms in total. The highest BCUT2D eigenvalue weighted by molar-refractivity contribution is 7.17. The van der Waals surface area contributed by atoms with E-state index in [0.717, 1.165) is 21.4 Å². The number of carbonyl (C=O) groups is 1. The molecule has 4 rings (SSSR count). The van der Waals surface area contributed by atoms with Gasteiger partial charge in [0.15, 0.2) is 4.96 Å². The van der Waals surface area contributed by atoms with Crippen LogP contribution >= 0.6 is 11.3 Å². The maximum absolute atomic E-state index is 12.4. The fourth-order valence-corrected chi connectivity index (χ4v) is 3.35. The summed E-state index contributed by atoms with van der Waals surface area (Å²) in [5, 5.41) is 5.08. The molecule has 0 bridgehead atoms. The van der Waals surface area contributed by atoms with Crippen molar-refractivity contribution in [2.24, 2.45) is 0 Å². The van der Waals surface area contributed by atoms with E-state index in [1.54, 1.807) is 17.5 Å². The minimum atomic E-state index is -0.190. The number of rotatable bonds is 2. The number of fused-ring (bicyclic) bond motifs is 2. The van der Waals surface area contributed by atoms with Crippen LogP contribution in [0.5, 0.6) is 0 Å². The first-order valence-electron chi connectivity index (χ1n) is 6.95. The largest absolute Gasteiger partial charge is 0.320 e. The van der Waals surface area contributed by atoms with Crippen molar-refractivity contribution in [1.29, 1.82) is 0 Å². The summed E-state index contributed by atoms with van der Waals surface area (Å²) in [6.45, 7) is 2.02. The normalized spacial score (nSPS) is 11.1. The molecule has 0 saturated carbocycles. The molecule has 0 fully saturated rings. The van der Waals surface area contributed by atoms with Crippen molar-refractivity contribution < 1.29 is 4.79 Å². The van der Waals surface area contributed by atoms with Gasteiger partial charge >= 0.3 is 0 Å². The number of hydrogen-bond acceptors (Lipinski definition) is 3. The third-order valence-electron chi connectivity index (χ3n) is 3.54. The number of hydrogen-bond donors (Lipinski definition) is 1. The molecule has 4 aromatic rings. The Labute approximate surface area is 131 Å². The van der Waals surface area contributed by atoms with Gasteiger partial charge in [0, 0.05) is 28.3 Å². The standard InChI is InChI=1S/C17H13N3OS/c1-11-9-20-10-15(19-17(20)22-11)16(21)18-14-8-4-6-12-5-2-3-7-13(12)14/h2-10H,1H3,(H,18,21). The Morgan fingerprint density at radius 2 is 1.95 bits per heavy atom. The van der Waals surface area contributed by atoms with E-state index in [4.69, 9.17) is 0 Å². The molecular formula is C17H13N3OS. The molecule has 0 radical (unpaired) electrons. The van der Waals surface area contributed by atoms with Crippen molar-refractivity contribution >= 4 is 38.7 Å². The lowest BCUT2D eigenvalue weighted by Gasteiger charge is -2.07. The van der Waals surface area contributed by atoms with Crippen molar-refractivity contribution in [2.45, 2.75) is 6.92 Å². The van der Waals surface area contributed by atoms with E-state index in [1.165, 1.54) is 4.88 Å². The number of benzene rings is 2. The van der Waals surface area contributed by atoms with Crippen LogP contribution in [0.3, 0.4) is 0 Å². The molecule has 0 unspecified atom stereocenters. The van der Waals surface area contributed by atoms with Gasteiger partial charge in [-0.1, -0.05) is 36.4 Å². The second-order valence-electron chi connectivity index (χ2n) is 5.14. The van der Waals surface area contributed by atoms with Gasteiger partial charge in [-0.25, -0.2) is 4.98 Å². The van der Waals surface area contributed by atoms with E-state index in [1.807, 2.05) is 60.0 Å². The maximum atomic E-state index is 12.4. The molecular weight excluding hydrogens is 294 g/mol. The molecule has 0 aliphatic heterocycles. The highest BCUT2D eigenvalue weighted by Gasteiger charge is 2.13. The molecule has 22 heavy (non-hydrogen) atoms. The highest BCUT2D eigenvalue weighted by Crippen LogP contribution is 2.24. The minimum Gasteiger partial charge on any atom is -0.320 e. The smallest absolute Gasteiger partial charge is 0.275 e. The number of imidazole rings is 1. The molecule has 0 saturated heterocycles. The fourth-order valence-electron chi connectivity index (χ4n) is 2.54. The number of nitrogens with zero attached hydrogens (tertiary/aromatic N) is 2. The minimum absolute atomic E-state index is 0.190. The molecule has 1 amide bonds. The molecule has 5 heteroatoms. The summed E-state index contributed by atoms with van der Waals surface area (Å²) < 4.78 is 1.89. The van der Waals surface area contributed by atoms with Crippen LogP contribution in [0.15, 0.2) is 54.9 Å². The van der Waals surface area contributed by atoms with Gasteiger partial charge in [0.1, 0.15) is 5.69 Å². The Morgan fingerprint density at radius 1 is 1.14 bits per heavy atom. The zero-order chi connectivity index (χ0) is 15.1. The van der Waals surface area contributed by atoms with Crippen LogP contribution in [-0.4, -0.2) is 15.3 Å². The lowest BCUT2D eigenvalue weighted by atomic mass is 10.1. The van der Waals surface area contributed by atoms with E-state index in [0.29, 0.717) is 5.69 Å². The number of anilines is 1. The van der Waals surface area contributed by atoms with Gasteiger partial charge < -0.3 is 5.32 Å². The Hall–Kier alpha value is -2.66. The second-order valence-corrected chi connectivity index (χ2v) is 6.35. The molecule has 2 heterocycles. The van der Waals surface area contributed by atoms with Crippen LogP contribution in [0.25, 0.3) is 15.7 Å². The van der Waals surface area contributed by atoms with Gasteiger partial charge in [-0.15, -0.1) is 11.3 Å². The second kappa shape index (κ2) is 4.96. The first kappa shape index (κ1) is 13.0. The van der Waals surface area contributed by atoms with Crippen molar-refractivity contribution in [1.82, 2.24) is 9.38 Å². The lowest BCUT2D eigenvalue weighted by Crippen LogP contribution is -2.12. The first-order chi connectivity index (χ1) is 10.7. The third-order valence-corrected chi connectivity index (χ3v) is 4.45. The Balaban J connectivity index is 1.69. The molecule has 0 aliphatic carbocycles. The quantitative estimate of drug-likeness (QED) is 0.606. The van der Waals surface area contributed by atoms with E-state index in [-0.39, 0.29) is 5.91 Å². The van der Waals surface area contributed by atoms with E-state index < -0.39 is 0 Å². The van der Waals surface area contributed by atoms with Crippen LogP contribution in [0.4, 0.5) is 5.69 Å². The number of nitrogens with one attached hydrogen (secondary N) is 1. The van der Waals surface area contributed by atoms with Crippen LogP contribution in [0.2, 0.25) is 0 Å². The molecule has 0 aliphatic rings. The van der Waals surface area contributed by atoms with Gasteiger partial charge in [0.2, 0.25) is 0 Å². The molecule has 2 aromatic heterocycles. The summed E-state index contributed by atoms with van der Waals surface area (Å²) in [6.07, 6.45) is 3.74. The summed E-state index contributed by atoms with van der Waals surface area (Å²) >= 11 is 1.57. The summed E-state index contributed by atoms with van der Waals surface area (Å²) in [5.41, 5.74) is 1.23. The van der Waals surface area contributed by atoms with Crippen LogP contribution < -0.4 is 5.32 Å². The average molecular weight is 307 g/mol. The zero-order valence-electron chi connectivity index (χ0n) is 11.9. The number of aryl methyl sites for hydroxylation is 1. The first-order valence-corrected chi connectivity index (χ1v) is 7.76. The Morgan fingerprint density at radius 3 is 2.82 bits per heavy atom. The fraction of sp³-hybridized carbons (Fsp3) is 0.0588. The van der Waals surface area contributed by atoms with E-state index >= 15 is 0 Å². The molecule has 0 atom stereocenters. The molecule has 1 N–H and O–H groups in total. The highest BCUT2D eigenvalue weighted by atomic mass is 32.1. The topological polar surface area (TPSA) is 46.4 Å². The van der Waals surface area contributed by atoms with Gasteiger partial charge in [-0.05, 0) is 18.4 Å². The summed E-state index contributed by atoms with van der Waals surface area (Å²) in [5.74, 6) is -0.190. The van der Waals surface area contributed by atoms with E-state index in [9.17, 15) is 4.79 Å². The number of amides is 1. The lowest BCUT2D eigenvalue weighted by molar-refractivity contribution is 0.102. The van der Waals surface area contributed by atoms with Gasteiger partial charge in [0.25, 0.3) is 5.91 Å². The number of aromatic nitrogens is 2. The monoisotopic (exact) mass is 307 g/mol. The predicted molar refractivity (Wildman–Crippen MR) is 89.7 cm³/mol. The predicted octanol–water partition coefficient (Wildman–Crippen LogP) is 4.11. The summed E-state index contributed by atoms with van der Waals surface area (Å²) in [4.78, 5) is 18.8. The summed E-state index contributed by atoms with van der Waals surface area (Å²) in [7, 11) is 0. The molecule has 2 aromatic carbocycles. The van der Waals surface area contributed by atoms with Crippen LogP contribution in [0, 0.1) is 6.92 Å². The van der Waals surface area contributed by atoms with Gasteiger partial charge in [0.05, 0.1) is 0 Å². The van der Waals surface area contributed by atoms with Crippen LogP contribution in [-0.2, 0) is 0 Å². The molecule has 0 spiro atoms.